The summed E-state index contributed by atoms with van der Waals surface area (Å²) in [6, 6.07) is 0.577. The van der Waals surface area contributed by atoms with Crippen LogP contribution in [0.15, 0.2) is 4.99 Å². The van der Waals surface area contributed by atoms with E-state index in [9.17, 15) is 4.79 Å². The zero-order valence-corrected chi connectivity index (χ0v) is 15.7. The highest BCUT2D eigenvalue weighted by Crippen LogP contribution is 2.16. The van der Waals surface area contributed by atoms with Crippen LogP contribution in [-0.2, 0) is 14.3 Å². The Balaban J connectivity index is 0.00000242. The van der Waals surface area contributed by atoms with Gasteiger partial charge in [-0.15, -0.1) is 24.0 Å². The number of rotatable bonds is 4. The normalized spacial score (nSPS) is 23.1. The molecule has 1 N–H and O–H groups in total. The molecule has 2 fully saturated rings. The predicted molar refractivity (Wildman–Crippen MR) is 95.8 cm³/mol. The average Bonchev–Trinajstić information content (AvgIpc) is 3.02. The van der Waals surface area contributed by atoms with Gasteiger partial charge in [0.15, 0.2) is 5.96 Å². The van der Waals surface area contributed by atoms with Gasteiger partial charge in [0, 0.05) is 45.8 Å². The molecule has 0 aromatic carbocycles. The van der Waals surface area contributed by atoms with Gasteiger partial charge in [-0.05, 0) is 6.42 Å². The number of halogens is 1. The first-order valence-corrected chi connectivity index (χ1v) is 7.58. The highest BCUT2D eigenvalue weighted by molar-refractivity contribution is 14.0. The topological polar surface area (TPSA) is 66.4 Å². The third-order valence-electron chi connectivity index (χ3n) is 4.08. The SMILES string of the molecule is CN=C(NCCC(=O)OC)N1CCC(N2CCOCC2)C1.I. The highest BCUT2D eigenvalue weighted by atomic mass is 127. The number of nitrogens with zero attached hydrogens (tertiary/aromatic N) is 3. The second-order valence-electron chi connectivity index (χ2n) is 5.34. The molecule has 0 aliphatic carbocycles. The van der Waals surface area contributed by atoms with Gasteiger partial charge in [0.25, 0.3) is 0 Å². The van der Waals surface area contributed by atoms with Gasteiger partial charge >= 0.3 is 5.97 Å². The van der Waals surface area contributed by atoms with Crippen LogP contribution in [0.1, 0.15) is 12.8 Å². The van der Waals surface area contributed by atoms with Crippen molar-refractivity contribution in [3.05, 3.63) is 0 Å². The molecule has 22 heavy (non-hydrogen) atoms. The number of carbonyl (C=O) groups excluding carboxylic acids is 1. The van der Waals surface area contributed by atoms with Gasteiger partial charge in [-0.1, -0.05) is 0 Å². The largest absolute Gasteiger partial charge is 0.469 e. The molecule has 0 aromatic rings. The maximum Gasteiger partial charge on any atom is 0.307 e. The molecule has 7 nitrogen and oxygen atoms in total. The van der Waals surface area contributed by atoms with Crippen molar-refractivity contribution in [1.29, 1.82) is 0 Å². The first-order chi connectivity index (χ1) is 10.2. The second kappa shape index (κ2) is 10.2. The van der Waals surface area contributed by atoms with Crippen LogP contribution in [-0.4, -0.2) is 87.9 Å². The van der Waals surface area contributed by atoms with Crippen LogP contribution in [0.4, 0.5) is 0 Å². The molecule has 1 unspecified atom stereocenters. The van der Waals surface area contributed by atoms with Crippen molar-refractivity contribution >= 4 is 35.9 Å². The van der Waals surface area contributed by atoms with Crippen LogP contribution in [0.3, 0.4) is 0 Å². The van der Waals surface area contributed by atoms with Crippen molar-refractivity contribution in [1.82, 2.24) is 15.1 Å². The fourth-order valence-corrected chi connectivity index (χ4v) is 2.89. The Kier molecular flexibility index (Phi) is 9.03. The lowest BCUT2D eigenvalue weighted by Crippen LogP contribution is -2.46. The summed E-state index contributed by atoms with van der Waals surface area (Å²) < 4.78 is 10.0. The Bertz CT molecular complexity index is 375. The van der Waals surface area contributed by atoms with Crippen LogP contribution in [0.25, 0.3) is 0 Å². The number of ether oxygens (including phenoxy) is 2. The minimum absolute atomic E-state index is 0. The van der Waals surface area contributed by atoms with Gasteiger partial charge in [0.05, 0.1) is 26.7 Å². The monoisotopic (exact) mass is 426 g/mol. The van der Waals surface area contributed by atoms with Gasteiger partial charge in [-0.25, -0.2) is 0 Å². The van der Waals surface area contributed by atoms with E-state index in [0.29, 0.717) is 19.0 Å². The van der Waals surface area contributed by atoms with Crippen LogP contribution in [0.2, 0.25) is 0 Å². The van der Waals surface area contributed by atoms with E-state index in [2.05, 4.69) is 24.8 Å². The second-order valence-corrected chi connectivity index (χ2v) is 5.34. The molecule has 0 saturated carbocycles. The van der Waals surface area contributed by atoms with Crippen molar-refractivity contribution < 1.29 is 14.3 Å². The summed E-state index contributed by atoms with van der Waals surface area (Å²) in [5.74, 6) is 0.667. The fraction of sp³-hybridized carbons (Fsp3) is 0.857. The minimum atomic E-state index is -0.203. The van der Waals surface area contributed by atoms with Gasteiger partial charge < -0.3 is 19.7 Å². The summed E-state index contributed by atoms with van der Waals surface area (Å²) in [6.07, 6.45) is 1.51. The number of guanidine groups is 1. The van der Waals surface area contributed by atoms with Crippen LogP contribution in [0.5, 0.6) is 0 Å². The number of nitrogens with one attached hydrogen (secondary N) is 1. The van der Waals surface area contributed by atoms with Crippen molar-refractivity contribution in [3.63, 3.8) is 0 Å². The predicted octanol–water partition coefficient (Wildman–Crippen LogP) is 0.149. The molecule has 2 heterocycles. The van der Waals surface area contributed by atoms with Gasteiger partial charge in [0.2, 0.25) is 0 Å². The summed E-state index contributed by atoms with van der Waals surface area (Å²) in [6.45, 7) is 6.25. The minimum Gasteiger partial charge on any atom is -0.469 e. The highest BCUT2D eigenvalue weighted by Gasteiger charge is 2.30. The van der Waals surface area contributed by atoms with Gasteiger partial charge in [0.1, 0.15) is 0 Å². The fourth-order valence-electron chi connectivity index (χ4n) is 2.89. The summed E-state index contributed by atoms with van der Waals surface area (Å²) in [5, 5.41) is 3.23. The summed E-state index contributed by atoms with van der Waals surface area (Å²) >= 11 is 0. The standard InChI is InChI=1S/C14H26N4O3.HI/c1-15-14(16-5-3-13(19)20-2)18-6-4-12(11-18)17-7-9-21-10-8-17;/h12H,3-11H2,1-2H3,(H,15,16);1H. The molecule has 0 aromatic heterocycles. The Morgan fingerprint density at radius 3 is 2.73 bits per heavy atom. The van der Waals surface area contributed by atoms with Gasteiger partial charge in [-0.2, -0.15) is 0 Å². The number of morpholine rings is 1. The summed E-state index contributed by atoms with van der Waals surface area (Å²) in [5.41, 5.74) is 0. The quantitative estimate of drug-likeness (QED) is 0.299. The molecule has 0 spiro atoms. The molecule has 2 aliphatic rings. The lowest BCUT2D eigenvalue weighted by atomic mass is 10.2. The summed E-state index contributed by atoms with van der Waals surface area (Å²) in [4.78, 5) is 20.2. The van der Waals surface area contributed by atoms with Crippen LogP contribution in [0, 0.1) is 0 Å². The van der Waals surface area contributed by atoms with E-state index >= 15 is 0 Å². The Morgan fingerprint density at radius 1 is 1.36 bits per heavy atom. The molecule has 2 saturated heterocycles. The molecule has 128 valence electrons. The molecule has 2 aliphatic heterocycles. The zero-order chi connectivity index (χ0) is 15.1. The maximum absolute atomic E-state index is 11.1. The van der Waals surface area contributed by atoms with Crippen molar-refractivity contribution in [3.8, 4) is 0 Å². The lowest BCUT2D eigenvalue weighted by molar-refractivity contribution is -0.140. The van der Waals surface area contributed by atoms with Crippen LogP contribution >= 0.6 is 24.0 Å². The van der Waals surface area contributed by atoms with E-state index < -0.39 is 0 Å². The number of hydrogen-bond acceptors (Lipinski definition) is 5. The molecule has 0 radical (unpaired) electrons. The number of hydrogen-bond donors (Lipinski definition) is 1. The van der Waals surface area contributed by atoms with E-state index in [-0.39, 0.29) is 29.9 Å². The van der Waals surface area contributed by atoms with Crippen LogP contribution < -0.4 is 5.32 Å². The third kappa shape index (κ3) is 5.54. The van der Waals surface area contributed by atoms with E-state index in [1.165, 1.54) is 7.11 Å². The molecule has 8 heteroatoms. The number of esters is 1. The smallest absolute Gasteiger partial charge is 0.307 e. The summed E-state index contributed by atoms with van der Waals surface area (Å²) in [7, 11) is 3.19. The van der Waals surface area contributed by atoms with E-state index in [1.54, 1.807) is 7.05 Å². The first kappa shape index (κ1) is 19.4. The van der Waals surface area contributed by atoms with E-state index in [1.807, 2.05) is 0 Å². The molecule has 0 bridgehead atoms. The van der Waals surface area contributed by atoms with E-state index in [4.69, 9.17) is 4.74 Å². The van der Waals surface area contributed by atoms with Crippen molar-refractivity contribution in [2.45, 2.75) is 18.9 Å². The number of methoxy groups -OCH3 is 1. The molecule has 1 atom stereocenters. The first-order valence-electron chi connectivity index (χ1n) is 7.58. The molecule has 2 rings (SSSR count). The number of likely N-dealkylation sites (tertiary alicyclic amines) is 1. The zero-order valence-electron chi connectivity index (χ0n) is 13.4. The number of aliphatic imine (C=N–C) groups is 1. The Hall–Kier alpha value is -0.610. The third-order valence-corrected chi connectivity index (χ3v) is 4.08. The molecule has 0 amide bonds. The maximum atomic E-state index is 11.1. The average molecular weight is 426 g/mol. The Labute approximate surface area is 149 Å². The van der Waals surface area contributed by atoms with Crippen molar-refractivity contribution in [2.24, 2.45) is 4.99 Å². The lowest BCUT2D eigenvalue weighted by Gasteiger charge is -2.32. The van der Waals surface area contributed by atoms with Crippen molar-refractivity contribution in [2.75, 3.05) is 60.1 Å². The van der Waals surface area contributed by atoms with Gasteiger partial charge in [-0.3, -0.25) is 14.7 Å². The molecular weight excluding hydrogens is 399 g/mol. The number of carbonyl (C=O) groups is 1. The van der Waals surface area contributed by atoms with E-state index in [0.717, 1.165) is 51.8 Å². The molecular formula is C14H27IN4O3. The Morgan fingerprint density at radius 2 is 2.09 bits per heavy atom.